The maximum atomic E-state index is 14.4. The van der Waals surface area contributed by atoms with E-state index in [4.69, 9.17) is 24.1 Å². The average Bonchev–Trinajstić information content (AvgIpc) is 1.57. The molecule has 31 heteroatoms. The molecular formula is C72H102N12O17S2. The summed E-state index contributed by atoms with van der Waals surface area (Å²) < 4.78 is 75.4. The number of sulfonamides is 2. The number of alkyl carbamates (subject to hydrolysis) is 2. The Morgan fingerprint density at radius 2 is 1.02 bits per heavy atom. The Bertz CT molecular complexity index is 4170. The lowest BCUT2D eigenvalue weighted by molar-refractivity contribution is -0.145. The van der Waals surface area contributed by atoms with Crippen LogP contribution in [0.2, 0.25) is 0 Å². The minimum Gasteiger partial charge on any atom is -0.479 e. The highest BCUT2D eigenvalue weighted by Crippen LogP contribution is 2.49. The number of ether oxygens (including phenoxy) is 4. The molecule has 4 aliphatic carbocycles. The number of carboxylic acids is 1. The van der Waals surface area contributed by atoms with Gasteiger partial charge < -0.3 is 55.1 Å². The molecule has 6 heterocycles. The van der Waals surface area contributed by atoms with Crippen LogP contribution in [0.3, 0.4) is 0 Å². The molecule has 10 atom stereocenters. The van der Waals surface area contributed by atoms with Crippen molar-refractivity contribution in [1.29, 1.82) is 0 Å². The Balaban J connectivity index is 0.000000201. The average molecular weight is 1470 g/mol. The van der Waals surface area contributed by atoms with E-state index in [0.29, 0.717) is 70.1 Å². The van der Waals surface area contributed by atoms with Gasteiger partial charge in [-0.3, -0.25) is 37.8 Å². The number of aliphatic carboxylic acids is 1. The summed E-state index contributed by atoms with van der Waals surface area (Å²) in [5, 5.41) is 26.1. The second-order valence-electron chi connectivity index (χ2n) is 31.0. The number of allylic oxidation sites excluding steroid dienone is 2. The number of aryl methyl sites for hydroxylation is 2. The van der Waals surface area contributed by atoms with Gasteiger partial charge in [-0.1, -0.05) is 74.3 Å². The summed E-state index contributed by atoms with van der Waals surface area (Å²) in [7, 11) is -7.20. The summed E-state index contributed by atoms with van der Waals surface area (Å²) in [5.74, 6) is -4.70. The molecule has 0 spiro atoms. The number of carbonyl (C=O) groups is 8. The Morgan fingerprint density at radius 3 is 1.41 bits per heavy atom. The highest BCUT2D eigenvalue weighted by atomic mass is 32.2. The van der Waals surface area contributed by atoms with Crippen LogP contribution in [0.25, 0.3) is 22.1 Å². The topological polar surface area (TPSA) is 390 Å². The van der Waals surface area contributed by atoms with Crippen molar-refractivity contribution in [3.05, 3.63) is 72.8 Å². The first-order valence-electron chi connectivity index (χ1n) is 36.1. The predicted molar refractivity (Wildman–Crippen MR) is 382 cm³/mol. The molecule has 12 rings (SSSR count). The number of carbonyl (C=O) groups excluding carboxylic acids is 7. The molecule has 4 saturated carbocycles. The number of imidazole rings is 2. The zero-order valence-electron chi connectivity index (χ0n) is 60.7. The zero-order chi connectivity index (χ0) is 74.8. The number of primary sulfonamides is 1. The summed E-state index contributed by atoms with van der Waals surface area (Å²) in [6, 6.07) is 12.0. The van der Waals surface area contributed by atoms with E-state index in [0.717, 1.165) is 67.0 Å². The Labute approximate surface area is 602 Å². The third-order valence-corrected chi connectivity index (χ3v) is 24.5. The molecule has 2 saturated heterocycles. The Kier molecular flexibility index (Phi) is 22.8. The van der Waals surface area contributed by atoms with Crippen molar-refractivity contribution >= 4 is 89.8 Å². The van der Waals surface area contributed by atoms with E-state index in [1.807, 2.05) is 95.8 Å². The summed E-state index contributed by atoms with van der Waals surface area (Å²) in [6.45, 7) is 18.9. The lowest BCUT2D eigenvalue weighted by atomic mass is 10.0. The highest BCUT2D eigenvalue weighted by Gasteiger charge is 2.64. The molecule has 29 nitrogen and oxygen atoms in total. The van der Waals surface area contributed by atoms with Crippen LogP contribution >= 0.6 is 0 Å². The maximum absolute atomic E-state index is 14.4. The van der Waals surface area contributed by atoms with Crippen molar-refractivity contribution in [2.24, 2.45) is 17.0 Å². The van der Waals surface area contributed by atoms with Gasteiger partial charge in [-0.05, 0) is 171 Å². The summed E-state index contributed by atoms with van der Waals surface area (Å²) >= 11 is 0. The van der Waals surface area contributed by atoms with Gasteiger partial charge in [0.2, 0.25) is 43.7 Å². The number of fused-ring (bicyclic) bond motifs is 6. The molecule has 564 valence electrons. The van der Waals surface area contributed by atoms with Gasteiger partial charge in [0.05, 0.1) is 44.7 Å². The molecule has 103 heavy (non-hydrogen) atoms. The Hall–Kier alpha value is -8.32. The first kappa shape index (κ1) is 77.3. The molecule has 0 bridgehead atoms. The van der Waals surface area contributed by atoms with Crippen molar-refractivity contribution in [2.45, 2.75) is 266 Å². The number of hydrogen-bond acceptors (Lipinski definition) is 18. The number of nitrogens with two attached hydrogens (primary N) is 1. The van der Waals surface area contributed by atoms with Crippen LogP contribution in [-0.2, 0) is 71.4 Å². The highest BCUT2D eigenvalue weighted by molar-refractivity contribution is 7.91. The summed E-state index contributed by atoms with van der Waals surface area (Å²) in [6.07, 6.45) is 14.8. The van der Waals surface area contributed by atoms with Gasteiger partial charge in [0.1, 0.15) is 58.7 Å². The maximum Gasteiger partial charge on any atom is 0.408 e. The first-order valence-corrected chi connectivity index (χ1v) is 39.1. The number of rotatable bonds is 13. The van der Waals surface area contributed by atoms with Crippen LogP contribution in [0.1, 0.15) is 185 Å². The molecule has 0 unspecified atom stereocenters. The third-order valence-electron chi connectivity index (χ3n) is 20.5. The van der Waals surface area contributed by atoms with Crippen molar-refractivity contribution < 1.29 is 79.2 Å². The van der Waals surface area contributed by atoms with Gasteiger partial charge in [0, 0.05) is 37.8 Å². The lowest BCUT2D eigenvalue weighted by Crippen LogP contribution is -2.58. The van der Waals surface area contributed by atoms with E-state index in [9.17, 15) is 60.3 Å². The monoisotopic (exact) mass is 1470 g/mol. The number of carboxylic acid groups (broad SMARTS) is 1. The number of aromatic nitrogens is 4. The van der Waals surface area contributed by atoms with Gasteiger partial charge in [-0.15, -0.1) is 0 Å². The first-order chi connectivity index (χ1) is 48.4. The molecule has 7 amide bonds. The number of hydrogen-bond donors (Lipinski definition) is 7. The minimum atomic E-state index is -3.97. The van der Waals surface area contributed by atoms with Crippen LogP contribution in [0.15, 0.2) is 72.8 Å². The van der Waals surface area contributed by atoms with Crippen molar-refractivity contribution in [3.8, 4) is 12.0 Å². The molecule has 8 aliphatic rings. The van der Waals surface area contributed by atoms with Crippen LogP contribution in [0.4, 0.5) is 9.59 Å². The number of nitrogens with one attached hydrogen (secondary N) is 5. The standard InChI is InChI=1S/C36H50N6O8S.C32H43N5O7.C4H9NO2S/c1-6-41-27-17-13-12-15-25(27)37-32(41)49-24-20-28-29(43)39-36(31(45)40-51(47,48)35(5)18-19-35)21-23(36)14-10-8-7-9-11-16-26(30(44)42(28)22-24)38-33(46)50-34(2,3)4;1-5-36-24-16-12-11-14-22(24)33-29(36)43-21-17-25-26(38)35-32(28(40)41)18-20(32)13-9-7-6-8-10-15-23(27(39)37(25)19-21)34-30(42)44-31(2,3)4;1-4(2-3-4)8(5,6)7/h10,12-15,17,23-24,26,28H,6-9,11,16,18-22H2,1-5H3,(H,38,46)(H,39,43)(H,40,45);9,11-14,16,20-21,23,25H,5-8,10,15,17-19H2,1-4H3,(H,34,42)(H,35,38)(H,40,41);2-3H2,1H3,(H2,5,6,7)/b14-10-;13-9-;/t23-,24-,26+,28+,36-;20-,21-,23+,25+,32-;/m11./s1. The van der Waals surface area contributed by atoms with Crippen molar-refractivity contribution in [2.75, 3.05) is 13.1 Å². The van der Waals surface area contributed by atoms with E-state index in [1.165, 1.54) is 9.80 Å². The van der Waals surface area contributed by atoms with E-state index in [2.05, 4.69) is 36.0 Å². The van der Waals surface area contributed by atoms with Crippen LogP contribution in [0, 0.1) is 11.8 Å². The van der Waals surface area contributed by atoms with Crippen LogP contribution in [-0.4, -0.2) is 180 Å². The summed E-state index contributed by atoms with van der Waals surface area (Å²) in [4.78, 5) is 121. The van der Waals surface area contributed by atoms with Gasteiger partial charge in [0.15, 0.2) is 0 Å². The summed E-state index contributed by atoms with van der Waals surface area (Å²) in [5.41, 5.74) is -1.16. The second-order valence-corrected chi connectivity index (χ2v) is 35.2. The van der Waals surface area contributed by atoms with Gasteiger partial charge in [-0.2, -0.15) is 9.97 Å². The van der Waals surface area contributed by atoms with Crippen molar-refractivity contribution in [1.82, 2.24) is 54.9 Å². The molecular weight excluding hydrogens is 1370 g/mol. The quantitative estimate of drug-likeness (QED) is 0.0645. The number of para-hydroxylation sites is 4. The molecule has 8 N–H and O–H groups in total. The minimum absolute atomic E-state index is 0.0194. The number of nitrogens with zero attached hydrogens (tertiary/aromatic N) is 6. The van der Waals surface area contributed by atoms with Gasteiger partial charge >= 0.3 is 18.2 Å². The van der Waals surface area contributed by atoms with E-state index in [-0.39, 0.29) is 44.7 Å². The fourth-order valence-electron chi connectivity index (χ4n) is 13.6. The Morgan fingerprint density at radius 1 is 0.612 bits per heavy atom. The second kappa shape index (κ2) is 30.4. The molecule has 2 aromatic heterocycles. The SMILES string of the molecule is CC1(S(N)(=O)=O)CC1.CCn1c(O[C@@H]2C[C@H]3C(=O)N[C@]4(C(=O)NS(=O)(=O)C5(C)CC5)C[C@H]4/C=C\CCCCC[C@H](NC(=O)OC(C)(C)C)C(=O)N3C2)nc2ccccc21.CCn1c(O[C@@H]2C[C@H]3C(=O)N[C@]4(C(=O)O)C[C@H]4/C=C\CCCCC[C@H](NC(=O)OC(C)(C)C)C(=O)N3C2)nc2ccccc21. The molecule has 0 radical (unpaired) electrons. The predicted octanol–water partition coefficient (Wildman–Crippen LogP) is 7.30. The third kappa shape index (κ3) is 18.1. The normalized spacial score (nSPS) is 28.4. The van der Waals surface area contributed by atoms with E-state index in [1.54, 1.807) is 55.4 Å². The van der Waals surface area contributed by atoms with Crippen LogP contribution in [0.5, 0.6) is 12.0 Å². The van der Waals surface area contributed by atoms with Gasteiger partial charge in [0.25, 0.3) is 17.9 Å². The fourth-order valence-corrected chi connectivity index (χ4v) is 15.6. The molecule has 6 fully saturated rings. The molecule has 4 aromatic rings. The lowest BCUT2D eigenvalue weighted by Gasteiger charge is -2.30. The van der Waals surface area contributed by atoms with E-state index < -0.39 is 142 Å². The van der Waals surface area contributed by atoms with E-state index >= 15 is 0 Å². The molecule has 4 aliphatic heterocycles. The number of benzene rings is 2. The van der Waals surface area contributed by atoms with Crippen molar-refractivity contribution in [3.63, 3.8) is 0 Å². The number of amides is 7. The fraction of sp³-hybridized carbons (Fsp3) is 0.639. The largest absolute Gasteiger partial charge is 0.479 e. The van der Waals surface area contributed by atoms with Gasteiger partial charge in [-0.25, -0.2) is 36.4 Å². The smallest absolute Gasteiger partial charge is 0.408 e. The molecule has 2 aromatic carbocycles. The zero-order valence-corrected chi connectivity index (χ0v) is 62.3. The van der Waals surface area contributed by atoms with Crippen LogP contribution < -0.4 is 40.6 Å².